The monoisotopic (exact) mass is 280 g/mol. The summed E-state index contributed by atoms with van der Waals surface area (Å²) in [5.74, 6) is 2.02. The molecule has 1 heterocycles. The van der Waals surface area contributed by atoms with Crippen molar-refractivity contribution in [3.05, 3.63) is 35.8 Å². The molecule has 4 heteroatoms. The number of nitrogens with zero attached hydrogens (tertiary/aromatic N) is 1. The lowest BCUT2D eigenvalue weighted by molar-refractivity contribution is 0.146. The van der Waals surface area contributed by atoms with E-state index >= 15 is 0 Å². The van der Waals surface area contributed by atoms with Crippen molar-refractivity contribution in [2.45, 2.75) is 33.4 Å². The Kier molecular flexibility index (Phi) is 8.26. The van der Waals surface area contributed by atoms with Crippen LogP contribution in [0.4, 0.5) is 0 Å². The van der Waals surface area contributed by atoms with E-state index in [9.17, 15) is 0 Å². The molecule has 20 heavy (non-hydrogen) atoms. The molecule has 0 unspecified atom stereocenters. The molecule has 0 aromatic carbocycles. The van der Waals surface area contributed by atoms with Gasteiger partial charge >= 0.3 is 0 Å². The molecule has 1 aromatic rings. The van der Waals surface area contributed by atoms with E-state index in [2.05, 4.69) is 29.8 Å². The van der Waals surface area contributed by atoms with Crippen LogP contribution in [0.3, 0.4) is 0 Å². The van der Waals surface area contributed by atoms with Crippen molar-refractivity contribution >= 4 is 0 Å². The minimum Gasteiger partial charge on any atom is -0.465 e. The molecule has 0 bridgehead atoms. The van der Waals surface area contributed by atoms with Gasteiger partial charge in [-0.3, -0.25) is 4.90 Å². The van der Waals surface area contributed by atoms with Gasteiger partial charge in [-0.15, -0.1) is 6.58 Å². The van der Waals surface area contributed by atoms with E-state index in [4.69, 9.17) is 9.15 Å². The molecule has 0 aliphatic heterocycles. The SMILES string of the molecule is C=CCN(CCOC)Cc1cc(CNCCC)c(C)o1. The first-order valence-electron chi connectivity index (χ1n) is 7.32. The molecule has 1 rings (SSSR count). The van der Waals surface area contributed by atoms with E-state index < -0.39 is 0 Å². The number of furan rings is 1. The van der Waals surface area contributed by atoms with Crippen molar-refractivity contribution in [2.24, 2.45) is 0 Å². The van der Waals surface area contributed by atoms with Crippen LogP contribution < -0.4 is 5.32 Å². The summed E-state index contributed by atoms with van der Waals surface area (Å²) in [4.78, 5) is 2.26. The lowest BCUT2D eigenvalue weighted by Gasteiger charge is -2.18. The lowest BCUT2D eigenvalue weighted by Crippen LogP contribution is -2.26. The predicted octanol–water partition coefficient (Wildman–Crippen LogP) is 2.72. The van der Waals surface area contributed by atoms with Crippen LogP contribution >= 0.6 is 0 Å². The number of ether oxygens (including phenoxy) is 1. The van der Waals surface area contributed by atoms with Gasteiger partial charge in [0.05, 0.1) is 13.2 Å². The highest BCUT2D eigenvalue weighted by Gasteiger charge is 2.11. The minimum atomic E-state index is 0.721. The standard InChI is InChI=1S/C16H28N2O2/c1-5-7-17-12-15-11-16(20-14(15)3)13-18(8-6-2)9-10-19-4/h6,11,17H,2,5,7-10,12-13H2,1,3-4H3. The van der Waals surface area contributed by atoms with Crippen LogP contribution in [-0.4, -0.2) is 38.3 Å². The van der Waals surface area contributed by atoms with Crippen LogP contribution in [0.5, 0.6) is 0 Å². The molecule has 4 nitrogen and oxygen atoms in total. The van der Waals surface area contributed by atoms with E-state index in [1.165, 1.54) is 5.56 Å². The third-order valence-corrected chi connectivity index (χ3v) is 3.19. The zero-order valence-corrected chi connectivity index (χ0v) is 13.1. The molecule has 114 valence electrons. The quantitative estimate of drug-likeness (QED) is 0.499. The van der Waals surface area contributed by atoms with E-state index in [1.54, 1.807) is 7.11 Å². The van der Waals surface area contributed by atoms with Gasteiger partial charge in [0.25, 0.3) is 0 Å². The average Bonchev–Trinajstić information content (AvgIpc) is 2.77. The molecule has 0 spiro atoms. The Morgan fingerprint density at radius 1 is 1.50 bits per heavy atom. The van der Waals surface area contributed by atoms with Crippen LogP contribution in [0.25, 0.3) is 0 Å². The summed E-state index contributed by atoms with van der Waals surface area (Å²) >= 11 is 0. The second-order valence-corrected chi connectivity index (χ2v) is 4.99. The second-order valence-electron chi connectivity index (χ2n) is 4.99. The fraction of sp³-hybridized carbons (Fsp3) is 0.625. The zero-order chi connectivity index (χ0) is 14.8. The largest absolute Gasteiger partial charge is 0.465 e. The van der Waals surface area contributed by atoms with Gasteiger partial charge in [-0.25, -0.2) is 0 Å². The van der Waals surface area contributed by atoms with Gasteiger partial charge in [0.2, 0.25) is 0 Å². The molecule has 0 atom stereocenters. The second kappa shape index (κ2) is 9.75. The van der Waals surface area contributed by atoms with E-state index in [1.807, 2.05) is 13.0 Å². The van der Waals surface area contributed by atoms with Crippen molar-refractivity contribution in [3.8, 4) is 0 Å². The first kappa shape index (κ1) is 17.0. The summed E-state index contributed by atoms with van der Waals surface area (Å²) in [6.45, 7) is 13.1. The van der Waals surface area contributed by atoms with Gasteiger partial charge in [-0.1, -0.05) is 13.0 Å². The van der Waals surface area contributed by atoms with E-state index in [0.717, 1.165) is 57.3 Å². The van der Waals surface area contributed by atoms with Crippen molar-refractivity contribution in [3.63, 3.8) is 0 Å². The third kappa shape index (κ3) is 5.90. The van der Waals surface area contributed by atoms with Gasteiger partial charge in [0.15, 0.2) is 0 Å². The van der Waals surface area contributed by atoms with Crippen molar-refractivity contribution < 1.29 is 9.15 Å². The molecule has 0 aliphatic rings. The average molecular weight is 280 g/mol. The van der Waals surface area contributed by atoms with Gasteiger partial charge in [0, 0.05) is 32.3 Å². The van der Waals surface area contributed by atoms with Crippen LogP contribution in [0, 0.1) is 6.92 Å². The lowest BCUT2D eigenvalue weighted by atomic mass is 10.2. The van der Waals surface area contributed by atoms with Gasteiger partial charge in [0.1, 0.15) is 11.5 Å². The van der Waals surface area contributed by atoms with Gasteiger partial charge in [-0.2, -0.15) is 0 Å². The zero-order valence-electron chi connectivity index (χ0n) is 13.1. The number of methoxy groups -OCH3 is 1. The Morgan fingerprint density at radius 2 is 2.30 bits per heavy atom. The first-order valence-corrected chi connectivity index (χ1v) is 7.32. The Balaban J connectivity index is 2.56. The topological polar surface area (TPSA) is 37.6 Å². The fourth-order valence-corrected chi connectivity index (χ4v) is 2.10. The maximum atomic E-state index is 5.85. The Labute approximate surface area is 122 Å². The molecular weight excluding hydrogens is 252 g/mol. The number of aryl methyl sites for hydroxylation is 1. The number of hydrogen-bond donors (Lipinski definition) is 1. The molecule has 0 radical (unpaired) electrons. The molecule has 0 aliphatic carbocycles. The number of hydrogen-bond acceptors (Lipinski definition) is 4. The maximum absolute atomic E-state index is 5.85. The molecule has 0 saturated heterocycles. The highest BCUT2D eigenvalue weighted by atomic mass is 16.5. The third-order valence-electron chi connectivity index (χ3n) is 3.19. The molecule has 1 N–H and O–H groups in total. The Bertz CT molecular complexity index is 388. The normalized spacial score (nSPS) is 11.2. The molecule has 0 saturated carbocycles. The molecule has 0 fully saturated rings. The van der Waals surface area contributed by atoms with Gasteiger partial charge < -0.3 is 14.5 Å². The van der Waals surface area contributed by atoms with Crippen LogP contribution in [0.1, 0.15) is 30.4 Å². The summed E-state index contributed by atoms with van der Waals surface area (Å²) < 4.78 is 11.0. The Hall–Kier alpha value is -1.10. The first-order chi connectivity index (χ1) is 9.71. The van der Waals surface area contributed by atoms with Crippen molar-refractivity contribution in [1.29, 1.82) is 0 Å². The minimum absolute atomic E-state index is 0.721. The Morgan fingerprint density at radius 3 is 2.95 bits per heavy atom. The fourth-order valence-electron chi connectivity index (χ4n) is 2.10. The summed E-state index contributed by atoms with van der Waals surface area (Å²) in [5, 5.41) is 3.41. The smallest absolute Gasteiger partial charge is 0.118 e. The highest BCUT2D eigenvalue weighted by Crippen LogP contribution is 2.16. The van der Waals surface area contributed by atoms with E-state index in [-0.39, 0.29) is 0 Å². The summed E-state index contributed by atoms with van der Waals surface area (Å²) in [6.07, 6.45) is 3.06. The highest BCUT2D eigenvalue weighted by molar-refractivity contribution is 5.20. The summed E-state index contributed by atoms with van der Waals surface area (Å²) in [7, 11) is 1.72. The van der Waals surface area contributed by atoms with Crippen LogP contribution in [0.2, 0.25) is 0 Å². The summed E-state index contributed by atoms with van der Waals surface area (Å²) in [6, 6.07) is 2.15. The van der Waals surface area contributed by atoms with Gasteiger partial charge in [-0.05, 0) is 26.0 Å². The predicted molar refractivity (Wildman–Crippen MR) is 82.8 cm³/mol. The maximum Gasteiger partial charge on any atom is 0.118 e. The number of nitrogens with one attached hydrogen (secondary N) is 1. The molecular formula is C16H28N2O2. The number of rotatable bonds is 11. The van der Waals surface area contributed by atoms with Crippen molar-refractivity contribution in [2.75, 3.05) is 33.4 Å². The van der Waals surface area contributed by atoms with Crippen LogP contribution in [-0.2, 0) is 17.8 Å². The van der Waals surface area contributed by atoms with Crippen LogP contribution in [0.15, 0.2) is 23.1 Å². The molecule has 0 amide bonds. The van der Waals surface area contributed by atoms with Crippen molar-refractivity contribution in [1.82, 2.24) is 10.2 Å². The summed E-state index contributed by atoms with van der Waals surface area (Å²) in [5.41, 5.74) is 1.25. The molecule has 1 aromatic heterocycles. The van der Waals surface area contributed by atoms with E-state index in [0.29, 0.717) is 0 Å².